The van der Waals surface area contributed by atoms with Crippen molar-refractivity contribution in [2.24, 2.45) is 5.92 Å². The zero-order valence-electron chi connectivity index (χ0n) is 48.8. The van der Waals surface area contributed by atoms with Crippen molar-refractivity contribution in [3.05, 3.63) is 122 Å². The molecular weight excluding hydrogens is 1210 g/mol. The fourth-order valence-electron chi connectivity index (χ4n) is 10.2. The number of benzene rings is 4. The molecule has 2 aliphatic rings. The average Bonchev–Trinajstić information content (AvgIpc) is 1.92. The fourth-order valence-corrected chi connectivity index (χ4v) is 10.8. The van der Waals surface area contributed by atoms with E-state index in [-0.39, 0.29) is 101 Å². The number of alkyl carbamates (subject to hydrolysis) is 1. The Morgan fingerprint density at radius 2 is 1.27 bits per heavy atom. The van der Waals surface area contributed by atoms with Crippen LogP contribution in [0.1, 0.15) is 93.5 Å². The number of likely N-dealkylation sites (N-methyl/N-ethyl adjacent to an activating group) is 1. The van der Waals surface area contributed by atoms with Gasteiger partial charge in [0.2, 0.25) is 41.4 Å². The van der Waals surface area contributed by atoms with E-state index in [9.17, 15) is 53.1 Å². The summed E-state index contributed by atoms with van der Waals surface area (Å²) >= 11 is 1.96. The molecule has 1 aliphatic carbocycles. The minimum Gasteiger partial charge on any atom is -0.507 e. The molecule has 8 N–H and O–H groups in total. The molecule has 4 aromatic carbocycles. The zero-order chi connectivity index (χ0) is 61.7. The van der Waals surface area contributed by atoms with Gasteiger partial charge in [-0.05, 0) is 114 Å². The molecule has 0 radical (unpaired) electrons. The van der Waals surface area contributed by atoms with Crippen LogP contribution in [-0.4, -0.2) is 158 Å². The molecule has 22 nitrogen and oxygen atoms in total. The first-order valence-corrected chi connectivity index (χ1v) is 29.5. The second-order valence-corrected chi connectivity index (χ2v) is 22.6. The summed E-state index contributed by atoms with van der Waals surface area (Å²) < 4.78 is 17.1. The Balaban J connectivity index is 1.02. The summed E-state index contributed by atoms with van der Waals surface area (Å²) in [6, 6.07) is 20.5. The fraction of sp³-hybridized carbons (Fsp3) is 0.452. The third-order valence-electron chi connectivity index (χ3n) is 14.7. The Morgan fingerprint density at radius 1 is 0.682 bits per heavy atom. The molecule has 0 aromatic heterocycles. The molecule has 8 amide bonds. The smallest absolute Gasteiger partial charge is 0.407 e. The van der Waals surface area contributed by atoms with E-state index in [1.165, 1.54) is 31.9 Å². The molecule has 6 rings (SSSR count). The highest BCUT2D eigenvalue weighted by Gasteiger charge is 2.42. The molecule has 0 spiro atoms. The maximum absolute atomic E-state index is 14.4. The van der Waals surface area contributed by atoms with Crippen LogP contribution >= 0.6 is 22.6 Å². The van der Waals surface area contributed by atoms with Gasteiger partial charge in [-0.1, -0.05) is 98.3 Å². The van der Waals surface area contributed by atoms with E-state index in [4.69, 9.17) is 14.2 Å². The number of carbonyl (C=O) groups excluding carboxylic acids is 10. The summed E-state index contributed by atoms with van der Waals surface area (Å²) in [5.41, 5.74) is 6.62. The van der Waals surface area contributed by atoms with Crippen molar-refractivity contribution in [2.45, 2.75) is 122 Å². The van der Waals surface area contributed by atoms with Gasteiger partial charge in [0.15, 0.2) is 0 Å². The second-order valence-electron chi connectivity index (χ2n) is 21.5. The normalized spacial score (nSPS) is 16.0. The Morgan fingerprint density at radius 3 is 1.91 bits per heavy atom. The lowest BCUT2D eigenvalue weighted by Gasteiger charge is -2.30. The van der Waals surface area contributed by atoms with Crippen LogP contribution in [0.15, 0.2) is 91.0 Å². The van der Waals surface area contributed by atoms with E-state index in [1.54, 1.807) is 43.3 Å². The molecule has 0 bridgehead atoms. The number of fused-ring (bicyclic) bond motifs is 3. The van der Waals surface area contributed by atoms with Crippen LogP contribution < -0.4 is 37.2 Å². The number of ketones is 2. The average molecular weight is 1290 g/mol. The molecule has 85 heavy (non-hydrogen) atoms. The van der Waals surface area contributed by atoms with Crippen molar-refractivity contribution in [3.8, 4) is 16.9 Å². The number of phenolic OH excluding ortho intramolecular Hbond substituents is 1. The lowest BCUT2D eigenvalue weighted by atomic mass is 9.98. The van der Waals surface area contributed by atoms with Crippen LogP contribution in [0.3, 0.4) is 0 Å². The lowest BCUT2D eigenvalue weighted by molar-refractivity contribution is -0.142. The summed E-state index contributed by atoms with van der Waals surface area (Å²) in [5, 5.41) is 28.6. The molecule has 456 valence electrons. The van der Waals surface area contributed by atoms with Crippen molar-refractivity contribution in [1.29, 1.82) is 0 Å². The van der Waals surface area contributed by atoms with Gasteiger partial charge >= 0.3 is 6.09 Å². The topological polar surface area (TPSA) is 306 Å². The number of hydrogen-bond donors (Lipinski definition) is 8. The number of nitrogens with zero attached hydrogens (tertiary/aromatic N) is 1. The van der Waals surface area contributed by atoms with Gasteiger partial charge < -0.3 is 66.2 Å². The first-order valence-electron chi connectivity index (χ1n) is 28.4. The maximum atomic E-state index is 14.4. The van der Waals surface area contributed by atoms with E-state index in [0.29, 0.717) is 14.7 Å². The van der Waals surface area contributed by atoms with Crippen molar-refractivity contribution in [1.82, 2.24) is 42.1 Å². The predicted molar refractivity (Wildman–Crippen MR) is 323 cm³/mol. The number of carbonyl (C=O) groups is 10. The van der Waals surface area contributed by atoms with Gasteiger partial charge in [0, 0.05) is 51.7 Å². The Hall–Kier alpha value is -7.77. The second kappa shape index (κ2) is 32.5. The number of halogens is 1. The van der Waals surface area contributed by atoms with Crippen molar-refractivity contribution in [3.63, 3.8) is 0 Å². The molecule has 4 aromatic rings. The predicted octanol–water partition coefficient (Wildman–Crippen LogP) is 3.83. The number of rotatable bonds is 31. The number of aryl methyl sites for hydroxylation is 1. The number of likely N-dealkylation sites (tertiary alicyclic amines) is 1. The minimum absolute atomic E-state index is 0.0361. The Labute approximate surface area is 508 Å². The van der Waals surface area contributed by atoms with Crippen LogP contribution in [0.4, 0.5) is 4.79 Å². The zero-order valence-corrected chi connectivity index (χ0v) is 50.9. The third-order valence-corrected chi connectivity index (χ3v) is 15.5. The van der Waals surface area contributed by atoms with Crippen molar-refractivity contribution < 1.29 is 67.3 Å². The summed E-state index contributed by atoms with van der Waals surface area (Å²) in [5.74, 6) is -5.84. The van der Waals surface area contributed by atoms with Crippen LogP contribution in [0.2, 0.25) is 0 Å². The van der Waals surface area contributed by atoms with E-state index in [0.717, 1.165) is 27.8 Å². The van der Waals surface area contributed by atoms with Crippen LogP contribution in [0, 0.1) is 16.4 Å². The molecule has 1 heterocycles. The summed E-state index contributed by atoms with van der Waals surface area (Å²) in [4.78, 5) is 136. The van der Waals surface area contributed by atoms with Gasteiger partial charge in [0.25, 0.3) is 0 Å². The Kier molecular flexibility index (Phi) is 25.4. The van der Waals surface area contributed by atoms with Gasteiger partial charge in [-0.15, -0.1) is 0 Å². The monoisotopic (exact) mass is 1280 g/mol. The SMILES string of the molecule is CC[C@H](NC(=O)[C@@H](CCC(C)=O)NC(=O)[C@H](Cc1ccc(C)cc1)NC(=O)[C@H](CC(C)=O)NC(=O)COCCOCCNC(=O)OCC1c2ccccc2-c2ccccc21)C(=O)N1C[C@H](C)C[C@H]1C(=O)N[C@@H](Cc1ccc(O)c(I)c1)C(=O)NC. The summed E-state index contributed by atoms with van der Waals surface area (Å²) in [6.45, 7) is 8.02. The largest absolute Gasteiger partial charge is 0.507 e. The molecule has 1 aliphatic heterocycles. The molecule has 1 fully saturated rings. The molecule has 23 heteroatoms. The summed E-state index contributed by atoms with van der Waals surface area (Å²) in [7, 11) is 1.44. The van der Waals surface area contributed by atoms with Gasteiger partial charge in [-0.3, -0.25) is 38.4 Å². The number of aromatic hydroxyl groups is 1. The van der Waals surface area contributed by atoms with Gasteiger partial charge in [-0.25, -0.2) is 4.79 Å². The molecule has 1 saturated heterocycles. The van der Waals surface area contributed by atoms with Crippen molar-refractivity contribution in [2.75, 3.05) is 53.2 Å². The first kappa shape index (κ1) is 66.4. The number of nitrogens with one attached hydrogen (secondary N) is 7. The highest BCUT2D eigenvalue weighted by Crippen LogP contribution is 2.44. The van der Waals surface area contributed by atoms with E-state index >= 15 is 0 Å². The third kappa shape index (κ3) is 19.6. The highest BCUT2D eigenvalue weighted by atomic mass is 127. The molecule has 0 saturated carbocycles. The van der Waals surface area contributed by atoms with E-state index in [1.807, 2.05) is 72.8 Å². The number of Topliss-reactive ketones (excluding diaryl/α,β-unsaturated/α-hetero) is 2. The maximum Gasteiger partial charge on any atom is 0.407 e. The number of ether oxygens (including phenoxy) is 3. The van der Waals surface area contributed by atoms with Gasteiger partial charge in [0.1, 0.15) is 66.8 Å². The lowest BCUT2D eigenvalue weighted by Crippen LogP contribution is -2.60. The number of hydrogen-bond acceptors (Lipinski definition) is 14. The van der Waals surface area contributed by atoms with Crippen LogP contribution in [-0.2, 0) is 70.2 Å². The van der Waals surface area contributed by atoms with Gasteiger partial charge in [-0.2, -0.15) is 0 Å². The quantitative estimate of drug-likeness (QED) is 0.0263. The number of amides is 8. The standard InChI is InChI=1S/C62H77IN8O14/c1-7-48(61(81)71-33-37(3)28-53(71)60(80)70-51(56(76)64-6)32-41-21-23-54(74)47(63)30-41)67-57(77)49(22-18-38(4)72)68-59(79)52(31-40-19-16-36(2)17-20-40)69-58(78)50(29-39(5)73)66-55(75)35-84-27-26-83-25-24-65-62(82)85-34-46-44-14-10-8-12-42(44)43-13-9-11-15-45(43)46/h8-17,19-21,23,30,37,46,48-53,74H,7,18,22,24-29,31-35H2,1-6H3,(H,64,76)(H,65,82)(H,66,75)(H,67,77)(H,68,79)(H,69,78)(H,70,80)/t37-,48+,49-,50+,51+,52+,53+/m1/s1. The van der Waals surface area contributed by atoms with E-state index < -0.39 is 103 Å². The van der Waals surface area contributed by atoms with Crippen molar-refractivity contribution >= 4 is 81.6 Å². The Bertz CT molecular complexity index is 3010. The van der Waals surface area contributed by atoms with Crippen LogP contribution in [0.5, 0.6) is 5.75 Å². The summed E-state index contributed by atoms with van der Waals surface area (Å²) in [6.07, 6.45) is -1.07. The highest BCUT2D eigenvalue weighted by molar-refractivity contribution is 14.1. The minimum atomic E-state index is -1.45. The first-order chi connectivity index (χ1) is 40.6. The molecular formula is C62H77IN8O14. The number of phenols is 1. The molecule has 0 unspecified atom stereocenters. The van der Waals surface area contributed by atoms with Crippen LogP contribution in [0.25, 0.3) is 11.1 Å². The van der Waals surface area contributed by atoms with E-state index in [2.05, 4.69) is 49.4 Å². The molecule has 7 atom stereocenters. The van der Waals surface area contributed by atoms with Gasteiger partial charge in [0.05, 0.1) is 23.4 Å².